The van der Waals surface area contributed by atoms with Crippen LogP contribution in [0.2, 0.25) is 0 Å². The summed E-state index contributed by atoms with van der Waals surface area (Å²) in [5.74, 6) is 0.937. The predicted octanol–water partition coefficient (Wildman–Crippen LogP) is 3.48. The van der Waals surface area contributed by atoms with Gasteiger partial charge in [-0.1, -0.05) is 23.4 Å². The Morgan fingerprint density at radius 2 is 2.04 bits per heavy atom. The van der Waals surface area contributed by atoms with Gasteiger partial charge in [-0.2, -0.15) is 4.98 Å². The van der Waals surface area contributed by atoms with E-state index in [1.807, 2.05) is 11.4 Å². The monoisotopic (exact) mass is 352 g/mol. The maximum Gasteiger partial charge on any atom is 0.263 e. The molecule has 0 unspecified atom stereocenters. The molecule has 7 heteroatoms. The van der Waals surface area contributed by atoms with Crippen molar-refractivity contribution in [2.45, 2.75) is 27.3 Å². The number of benzene rings is 1. The highest BCUT2D eigenvalue weighted by atomic mass is 32.1. The average molecular weight is 352 g/mol. The highest BCUT2D eigenvalue weighted by Crippen LogP contribution is 2.31. The first-order valence-electron chi connectivity index (χ1n) is 7.86. The molecule has 0 spiro atoms. The molecule has 0 aliphatic carbocycles. The summed E-state index contributed by atoms with van der Waals surface area (Å²) in [5, 5.41) is 6.48. The van der Waals surface area contributed by atoms with Gasteiger partial charge in [0, 0.05) is 17.9 Å². The summed E-state index contributed by atoms with van der Waals surface area (Å²) < 4.78 is 6.49. The molecule has 0 aliphatic rings. The Morgan fingerprint density at radius 3 is 2.76 bits per heavy atom. The number of nitrogens with zero attached hydrogens (tertiary/aromatic N) is 4. The summed E-state index contributed by atoms with van der Waals surface area (Å²) >= 11 is 1.48. The first-order chi connectivity index (χ1) is 12.0. The fourth-order valence-corrected chi connectivity index (χ4v) is 3.67. The van der Waals surface area contributed by atoms with Crippen molar-refractivity contribution in [3.63, 3.8) is 0 Å². The van der Waals surface area contributed by atoms with Gasteiger partial charge < -0.3 is 4.52 Å². The van der Waals surface area contributed by atoms with Crippen LogP contribution in [0.25, 0.3) is 21.3 Å². The van der Waals surface area contributed by atoms with Gasteiger partial charge in [-0.05, 0) is 30.5 Å². The molecule has 126 valence electrons. The molecule has 25 heavy (non-hydrogen) atoms. The second-order valence-corrected chi connectivity index (χ2v) is 6.89. The first-order valence-corrected chi connectivity index (χ1v) is 8.74. The second-order valence-electron chi connectivity index (χ2n) is 6.04. The third-order valence-electron chi connectivity index (χ3n) is 4.26. The van der Waals surface area contributed by atoms with Crippen LogP contribution in [0.3, 0.4) is 0 Å². The Bertz CT molecular complexity index is 1140. The number of aromatic nitrogens is 4. The minimum Gasteiger partial charge on any atom is -0.340 e. The number of aryl methyl sites for hydroxylation is 3. The zero-order valence-electron chi connectivity index (χ0n) is 14.1. The van der Waals surface area contributed by atoms with E-state index in [2.05, 4.69) is 41.1 Å². The van der Waals surface area contributed by atoms with E-state index in [0.29, 0.717) is 17.1 Å². The molecule has 0 saturated heterocycles. The third-order valence-corrected chi connectivity index (χ3v) is 5.15. The van der Waals surface area contributed by atoms with Crippen LogP contribution in [0.15, 0.2) is 39.2 Å². The molecule has 0 atom stereocenters. The maximum atomic E-state index is 13.0. The molecular formula is C18H16N4O2S. The molecule has 0 aliphatic heterocycles. The van der Waals surface area contributed by atoms with Gasteiger partial charge in [-0.25, -0.2) is 4.98 Å². The Kier molecular flexibility index (Phi) is 3.73. The minimum atomic E-state index is -0.0954. The van der Waals surface area contributed by atoms with Crippen LogP contribution in [0.1, 0.15) is 22.8 Å². The molecule has 4 rings (SSSR count). The van der Waals surface area contributed by atoms with Crippen LogP contribution < -0.4 is 5.56 Å². The summed E-state index contributed by atoms with van der Waals surface area (Å²) in [6.07, 6.45) is 1.54. The zero-order valence-corrected chi connectivity index (χ0v) is 14.9. The molecule has 6 nitrogen and oxygen atoms in total. The lowest BCUT2D eigenvalue weighted by molar-refractivity contribution is 0.386. The van der Waals surface area contributed by atoms with E-state index in [4.69, 9.17) is 4.52 Å². The highest BCUT2D eigenvalue weighted by molar-refractivity contribution is 7.17. The van der Waals surface area contributed by atoms with Crippen molar-refractivity contribution in [2.75, 3.05) is 0 Å². The van der Waals surface area contributed by atoms with Crippen molar-refractivity contribution in [3.05, 3.63) is 63.1 Å². The molecule has 0 amide bonds. The second kappa shape index (κ2) is 5.93. The Morgan fingerprint density at radius 1 is 1.20 bits per heavy atom. The highest BCUT2D eigenvalue weighted by Gasteiger charge is 2.15. The lowest BCUT2D eigenvalue weighted by Crippen LogP contribution is -2.21. The van der Waals surface area contributed by atoms with Crippen molar-refractivity contribution in [1.82, 2.24) is 19.7 Å². The van der Waals surface area contributed by atoms with Crippen molar-refractivity contribution in [2.24, 2.45) is 0 Å². The average Bonchev–Trinajstić information content (AvgIpc) is 3.19. The molecule has 0 saturated carbocycles. The molecular weight excluding hydrogens is 336 g/mol. The third kappa shape index (κ3) is 2.76. The van der Waals surface area contributed by atoms with Gasteiger partial charge in [0.1, 0.15) is 4.83 Å². The fourth-order valence-electron chi connectivity index (χ4n) is 2.76. The lowest BCUT2D eigenvalue weighted by Gasteiger charge is -2.06. The van der Waals surface area contributed by atoms with E-state index < -0.39 is 0 Å². The normalized spacial score (nSPS) is 11.3. The number of thiophene rings is 1. The first kappa shape index (κ1) is 15.7. The summed E-state index contributed by atoms with van der Waals surface area (Å²) in [4.78, 5) is 22.3. The van der Waals surface area contributed by atoms with Crippen molar-refractivity contribution < 1.29 is 4.52 Å². The summed E-state index contributed by atoms with van der Waals surface area (Å²) in [6, 6.07) is 6.23. The molecule has 0 radical (unpaired) electrons. The SMILES string of the molecule is Cc1nc(Cn2cnc3scc(-c4ccc(C)c(C)c4)c3c2=O)no1. The van der Waals surface area contributed by atoms with Gasteiger partial charge >= 0.3 is 0 Å². The number of hydrogen-bond acceptors (Lipinski definition) is 6. The molecule has 1 aromatic carbocycles. The van der Waals surface area contributed by atoms with Crippen LogP contribution in [0, 0.1) is 20.8 Å². The largest absolute Gasteiger partial charge is 0.340 e. The van der Waals surface area contributed by atoms with E-state index >= 15 is 0 Å². The number of hydrogen-bond donors (Lipinski definition) is 0. The van der Waals surface area contributed by atoms with Gasteiger partial charge in [0.25, 0.3) is 5.56 Å². The topological polar surface area (TPSA) is 73.8 Å². The molecule has 3 aromatic heterocycles. The van der Waals surface area contributed by atoms with E-state index in [1.165, 1.54) is 33.4 Å². The fraction of sp³-hybridized carbons (Fsp3) is 0.222. The van der Waals surface area contributed by atoms with Gasteiger partial charge in [-0.3, -0.25) is 9.36 Å². The van der Waals surface area contributed by atoms with Crippen LogP contribution in [0.4, 0.5) is 0 Å². The molecule has 3 heterocycles. The molecule has 4 aromatic rings. The van der Waals surface area contributed by atoms with Crippen LogP contribution in [-0.4, -0.2) is 19.7 Å². The predicted molar refractivity (Wildman–Crippen MR) is 96.9 cm³/mol. The Balaban J connectivity index is 1.85. The summed E-state index contributed by atoms with van der Waals surface area (Å²) in [7, 11) is 0. The maximum absolute atomic E-state index is 13.0. The van der Waals surface area contributed by atoms with Crippen molar-refractivity contribution in [3.8, 4) is 11.1 Å². The molecule has 0 fully saturated rings. The van der Waals surface area contributed by atoms with E-state index in [1.54, 1.807) is 6.92 Å². The molecule has 0 N–H and O–H groups in total. The van der Waals surface area contributed by atoms with Gasteiger partial charge in [0.15, 0.2) is 5.82 Å². The van der Waals surface area contributed by atoms with Crippen LogP contribution in [-0.2, 0) is 6.54 Å². The lowest BCUT2D eigenvalue weighted by atomic mass is 10.0. The van der Waals surface area contributed by atoms with Crippen LogP contribution >= 0.6 is 11.3 Å². The Hall–Kier alpha value is -2.80. The minimum absolute atomic E-state index is 0.0954. The van der Waals surface area contributed by atoms with Gasteiger partial charge in [0.05, 0.1) is 18.3 Å². The Labute approximate surface area is 147 Å². The summed E-state index contributed by atoms with van der Waals surface area (Å²) in [6.45, 7) is 6.10. The summed E-state index contributed by atoms with van der Waals surface area (Å²) in [5.41, 5.74) is 4.28. The smallest absolute Gasteiger partial charge is 0.263 e. The number of fused-ring (bicyclic) bond motifs is 1. The number of rotatable bonds is 3. The van der Waals surface area contributed by atoms with Crippen LogP contribution in [0.5, 0.6) is 0 Å². The quantitative estimate of drug-likeness (QED) is 0.564. The van der Waals surface area contributed by atoms with E-state index in [9.17, 15) is 4.79 Å². The van der Waals surface area contributed by atoms with E-state index in [-0.39, 0.29) is 12.1 Å². The van der Waals surface area contributed by atoms with Gasteiger partial charge in [-0.15, -0.1) is 11.3 Å². The zero-order chi connectivity index (χ0) is 17.6. The van der Waals surface area contributed by atoms with Gasteiger partial charge in [0.2, 0.25) is 5.89 Å². The van der Waals surface area contributed by atoms with E-state index in [0.717, 1.165) is 16.0 Å². The standard InChI is InChI=1S/C18H16N4O2S/c1-10-4-5-13(6-11(10)2)14-8-25-17-16(14)18(23)22(9-19-17)7-15-20-12(3)24-21-15/h4-6,8-9H,7H2,1-3H3. The molecule has 0 bridgehead atoms. The van der Waals surface area contributed by atoms with Crippen molar-refractivity contribution in [1.29, 1.82) is 0 Å². The van der Waals surface area contributed by atoms with Crippen molar-refractivity contribution >= 4 is 21.6 Å².